The molecule has 122 valence electrons. The monoisotopic (exact) mass is 323 g/mol. The second kappa shape index (κ2) is 5.85. The molecule has 0 aliphatic carbocycles. The fourth-order valence-corrected chi connectivity index (χ4v) is 2.92. The van der Waals surface area contributed by atoms with E-state index in [9.17, 15) is 9.59 Å². The van der Waals surface area contributed by atoms with Crippen LogP contribution in [0.5, 0.6) is 5.75 Å². The van der Waals surface area contributed by atoms with Crippen molar-refractivity contribution < 1.29 is 14.3 Å². The molecule has 1 saturated heterocycles. The van der Waals surface area contributed by atoms with Crippen LogP contribution in [-0.4, -0.2) is 30.5 Å². The molecule has 1 atom stereocenters. The smallest absolute Gasteiger partial charge is 0.325 e. The highest BCUT2D eigenvalue weighted by molar-refractivity contribution is 6.07. The van der Waals surface area contributed by atoms with Gasteiger partial charge in [-0.05, 0) is 41.5 Å². The number of hydrogen-bond acceptors (Lipinski definition) is 4. The van der Waals surface area contributed by atoms with Gasteiger partial charge in [0.1, 0.15) is 11.3 Å². The largest absolute Gasteiger partial charge is 0.497 e. The third kappa shape index (κ3) is 2.44. The van der Waals surface area contributed by atoms with Gasteiger partial charge in [0.05, 0.1) is 19.6 Å². The number of rotatable bonds is 4. The number of imide groups is 1. The van der Waals surface area contributed by atoms with Gasteiger partial charge in [-0.3, -0.25) is 9.69 Å². The molecule has 6 heteroatoms. The predicted octanol–water partition coefficient (Wildman–Crippen LogP) is 2.53. The minimum absolute atomic E-state index is 0.0987. The lowest BCUT2D eigenvalue weighted by molar-refractivity contribution is -0.131. The third-order valence-corrected chi connectivity index (χ3v) is 4.35. The van der Waals surface area contributed by atoms with Crippen LogP contribution in [0.2, 0.25) is 0 Å². The average molecular weight is 323 g/mol. The summed E-state index contributed by atoms with van der Waals surface area (Å²) in [6.07, 6.45) is 0.118. The third-order valence-electron chi connectivity index (χ3n) is 4.35. The molecule has 0 unspecified atom stereocenters. The molecular formula is C18H17N3O3. The molecule has 0 aromatic heterocycles. The zero-order chi connectivity index (χ0) is 17.3. The Morgan fingerprint density at radius 3 is 2.62 bits per heavy atom. The molecule has 1 aliphatic rings. The molecule has 6 nitrogen and oxygen atoms in total. The van der Waals surface area contributed by atoms with E-state index in [2.05, 4.69) is 5.32 Å². The molecular weight excluding hydrogens is 306 g/mol. The standard InChI is InChI=1S/C18H17N3O3/c1-18(16(22)21(9-3-8-19)17(23)20-18)14-6-4-13-11-15(24-2)7-5-12(13)10-14/h4-7,10-11H,3,9H2,1-2H3,(H,20,23)/t18-/m1/s1. The topological polar surface area (TPSA) is 82.4 Å². The number of benzene rings is 2. The van der Waals surface area contributed by atoms with E-state index in [1.54, 1.807) is 14.0 Å². The number of amides is 3. The maximum absolute atomic E-state index is 12.7. The summed E-state index contributed by atoms with van der Waals surface area (Å²) in [4.78, 5) is 25.9. The molecule has 1 fully saturated rings. The molecule has 0 spiro atoms. The number of fused-ring (bicyclic) bond motifs is 1. The van der Waals surface area contributed by atoms with Gasteiger partial charge < -0.3 is 10.1 Å². The lowest BCUT2D eigenvalue weighted by Crippen LogP contribution is -2.41. The molecule has 3 amide bonds. The highest BCUT2D eigenvalue weighted by atomic mass is 16.5. The van der Waals surface area contributed by atoms with Gasteiger partial charge in [-0.1, -0.05) is 18.2 Å². The molecule has 0 bridgehead atoms. The van der Waals surface area contributed by atoms with Crippen molar-refractivity contribution in [3.05, 3.63) is 42.0 Å². The Kier molecular flexibility index (Phi) is 3.86. The van der Waals surface area contributed by atoms with E-state index in [-0.39, 0.29) is 18.9 Å². The summed E-state index contributed by atoms with van der Waals surface area (Å²) in [5.41, 5.74) is -0.418. The normalized spacial score (nSPS) is 20.1. The summed E-state index contributed by atoms with van der Waals surface area (Å²) >= 11 is 0. The van der Waals surface area contributed by atoms with Crippen molar-refractivity contribution in [2.24, 2.45) is 0 Å². The number of nitrogens with zero attached hydrogens (tertiary/aromatic N) is 2. The van der Waals surface area contributed by atoms with Crippen molar-refractivity contribution in [1.29, 1.82) is 5.26 Å². The van der Waals surface area contributed by atoms with Crippen LogP contribution < -0.4 is 10.1 Å². The fourth-order valence-electron chi connectivity index (χ4n) is 2.92. The summed E-state index contributed by atoms with van der Waals surface area (Å²) in [5, 5.41) is 13.4. The number of methoxy groups -OCH3 is 1. The molecule has 0 saturated carbocycles. The number of ether oxygens (including phenoxy) is 1. The first-order valence-corrected chi connectivity index (χ1v) is 7.59. The van der Waals surface area contributed by atoms with Crippen LogP contribution in [0.15, 0.2) is 36.4 Å². The van der Waals surface area contributed by atoms with Crippen molar-refractivity contribution in [1.82, 2.24) is 10.2 Å². The SMILES string of the molecule is COc1ccc2cc([C@@]3(C)NC(=O)N(CCC#N)C3=O)ccc2c1. The van der Waals surface area contributed by atoms with Gasteiger partial charge in [0.2, 0.25) is 0 Å². The Balaban J connectivity index is 1.98. The molecule has 24 heavy (non-hydrogen) atoms. The Morgan fingerprint density at radius 2 is 1.92 bits per heavy atom. The van der Waals surface area contributed by atoms with Crippen molar-refractivity contribution in [2.45, 2.75) is 18.9 Å². The van der Waals surface area contributed by atoms with E-state index >= 15 is 0 Å². The van der Waals surface area contributed by atoms with E-state index in [1.807, 2.05) is 42.5 Å². The van der Waals surface area contributed by atoms with Crippen molar-refractivity contribution in [3.8, 4) is 11.8 Å². The molecule has 2 aromatic rings. The zero-order valence-electron chi connectivity index (χ0n) is 13.5. The summed E-state index contributed by atoms with van der Waals surface area (Å²) in [6, 6.07) is 12.8. The van der Waals surface area contributed by atoms with E-state index in [1.165, 1.54) is 0 Å². The minimum Gasteiger partial charge on any atom is -0.497 e. The van der Waals surface area contributed by atoms with E-state index in [0.29, 0.717) is 5.56 Å². The second-order valence-electron chi connectivity index (χ2n) is 5.85. The molecule has 3 rings (SSSR count). The van der Waals surface area contributed by atoms with Gasteiger partial charge in [-0.25, -0.2) is 4.79 Å². The van der Waals surface area contributed by atoms with Crippen LogP contribution in [0.25, 0.3) is 10.8 Å². The van der Waals surface area contributed by atoms with Crippen LogP contribution in [0.1, 0.15) is 18.9 Å². The van der Waals surface area contributed by atoms with Crippen molar-refractivity contribution in [2.75, 3.05) is 13.7 Å². The summed E-state index contributed by atoms with van der Waals surface area (Å²) < 4.78 is 5.21. The minimum atomic E-state index is -1.12. The first kappa shape index (κ1) is 15.8. The second-order valence-corrected chi connectivity index (χ2v) is 5.85. The summed E-state index contributed by atoms with van der Waals surface area (Å²) in [5.74, 6) is 0.421. The lowest BCUT2D eigenvalue weighted by Gasteiger charge is -2.22. The first-order valence-electron chi connectivity index (χ1n) is 7.59. The number of carbonyl (C=O) groups excluding carboxylic acids is 2. The quantitative estimate of drug-likeness (QED) is 0.877. The van der Waals surface area contributed by atoms with Crippen LogP contribution in [0.3, 0.4) is 0 Å². The van der Waals surface area contributed by atoms with E-state index in [0.717, 1.165) is 21.4 Å². The molecule has 1 heterocycles. The van der Waals surface area contributed by atoms with Crippen molar-refractivity contribution in [3.63, 3.8) is 0 Å². The number of carbonyl (C=O) groups is 2. The molecule has 1 aliphatic heterocycles. The van der Waals surface area contributed by atoms with E-state index < -0.39 is 11.6 Å². The van der Waals surface area contributed by atoms with Crippen LogP contribution in [0.4, 0.5) is 4.79 Å². The van der Waals surface area contributed by atoms with Gasteiger partial charge >= 0.3 is 6.03 Å². The van der Waals surface area contributed by atoms with Gasteiger partial charge in [0.15, 0.2) is 0 Å². The van der Waals surface area contributed by atoms with Gasteiger partial charge in [-0.2, -0.15) is 5.26 Å². The Hall–Kier alpha value is -3.07. The Labute approximate surface area is 139 Å². The number of urea groups is 1. The van der Waals surface area contributed by atoms with E-state index in [4.69, 9.17) is 10.00 Å². The highest BCUT2D eigenvalue weighted by Gasteiger charge is 2.48. The maximum Gasteiger partial charge on any atom is 0.325 e. The lowest BCUT2D eigenvalue weighted by atomic mass is 9.90. The van der Waals surface area contributed by atoms with Gasteiger partial charge in [0.25, 0.3) is 5.91 Å². The average Bonchev–Trinajstić information content (AvgIpc) is 2.82. The molecule has 2 aromatic carbocycles. The first-order chi connectivity index (χ1) is 11.5. The van der Waals surface area contributed by atoms with Crippen LogP contribution in [-0.2, 0) is 10.3 Å². The van der Waals surface area contributed by atoms with Crippen molar-refractivity contribution >= 4 is 22.7 Å². The van der Waals surface area contributed by atoms with Crippen LogP contribution >= 0.6 is 0 Å². The predicted molar refractivity (Wildman–Crippen MR) is 88.3 cm³/mol. The number of hydrogen-bond donors (Lipinski definition) is 1. The van der Waals surface area contributed by atoms with Gasteiger partial charge in [0, 0.05) is 6.54 Å². The molecule has 0 radical (unpaired) electrons. The maximum atomic E-state index is 12.7. The Morgan fingerprint density at radius 1 is 1.21 bits per heavy atom. The van der Waals surface area contributed by atoms with Crippen LogP contribution in [0, 0.1) is 11.3 Å². The number of nitriles is 1. The summed E-state index contributed by atoms with van der Waals surface area (Å²) in [6.45, 7) is 1.78. The fraction of sp³-hybridized carbons (Fsp3) is 0.278. The summed E-state index contributed by atoms with van der Waals surface area (Å²) in [7, 11) is 1.61. The number of nitrogens with one attached hydrogen (secondary N) is 1. The van der Waals surface area contributed by atoms with Gasteiger partial charge in [-0.15, -0.1) is 0 Å². The Bertz CT molecular complexity index is 871. The highest BCUT2D eigenvalue weighted by Crippen LogP contribution is 2.32. The molecule has 1 N–H and O–H groups in total. The zero-order valence-corrected chi connectivity index (χ0v) is 13.5.